The number of hydrogen-bond donors (Lipinski definition) is 2. The van der Waals surface area contributed by atoms with Gasteiger partial charge in [-0.2, -0.15) is 0 Å². The monoisotopic (exact) mass is 532 g/mol. The predicted molar refractivity (Wildman–Crippen MR) is 167 cm³/mol. The molecule has 1 aromatic carbocycles. The summed E-state index contributed by atoms with van der Waals surface area (Å²) in [6, 6.07) is 5.68. The molecule has 0 aromatic heterocycles. The van der Waals surface area contributed by atoms with Crippen molar-refractivity contribution in [2.45, 2.75) is 126 Å². The molecule has 7 unspecified atom stereocenters. The number of hydrogen-bond acceptors (Lipinski definition) is 3. The number of fused-ring (bicyclic) bond motifs is 4. The lowest BCUT2D eigenvalue weighted by molar-refractivity contribution is -0.0851. The number of anilines is 2. The summed E-state index contributed by atoms with van der Waals surface area (Å²) in [6.07, 6.45) is 15.5. The Morgan fingerprint density at radius 3 is 2.41 bits per heavy atom. The Kier molecular flexibility index (Phi) is 7.25. The Hall–Kier alpha value is -1.90. The molecule has 4 aliphatic carbocycles. The molecule has 3 nitrogen and oxygen atoms in total. The summed E-state index contributed by atoms with van der Waals surface area (Å²) < 4.78 is 6.68. The zero-order valence-corrected chi connectivity index (χ0v) is 26.3. The van der Waals surface area contributed by atoms with Crippen molar-refractivity contribution < 1.29 is 4.74 Å². The van der Waals surface area contributed by atoms with Crippen LogP contribution in [0.5, 0.6) is 5.75 Å². The normalized spacial score (nSPS) is 37.9. The van der Waals surface area contributed by atoms with Gasteiger partial charge in [0.05, 0.1) is 5.69 Å². The predicted octanol–water partition coefficient (Wildman–Crippen LogP) is 9.73. The molecule has 0 heterocycles. The minimum atomic E-state index is 0.0820. The molecule has 2 fully saturated rings. The standard InChI is InChI=1S/C36H56N2O/c1-23(2)10-9-11-24(3)26-16-20-36(8)28-13-15-31-33(4,5)32(39-30-14-12-25(37)22-29(30)38)18-19-34(31,6)27(28)17-21-35(26,36)7/h10,12,14,22,24,26,31-32H,9,11,13,15-21,37-38H2,1-8H3. The van der Waals surface area contributed by atoms with Gasteiger partial charge >= 0.3 is 0 Å². The highest BCUT2D eigenvalue weighted by Gasteiger charge is 2.63. The van der Waals surface area contributed by atoms with E-state index in [4.69, 9.17) is 16.2 Å². The topological polar surface area (TPSA) is 61.3 Å². The van der Waals surface area contributed by atoms with Crippen LogP contribution in [-0.4, -0.2) is 6.10 Å². The maximum absolute atomic E-state index is 6.68. The van der Waals surface area contributed by atoms with E-state index in [9.17, 15) is 0 Å². The van der Waals surface area contributed by atoms with Gasteiger partial charge in [-0.15, -0.1) is 0 Å². The first kappa shape index (κ1) is 28.6. The van der Waals surface area contributed by atoms with Crippen LogP contribution in [0.3, 0.4) is 0 Å². The van der Waals surface area contributed by atoms with Gasteiger partial charge in [-0.05, 0) is 130 Å². The van der Waals surface area contributed by atoms with Crippen LogP contribution in [-0.2, 0) is 0 Å². The summed E-state index contributed by atoms with van der Waals surface area (Å²) in [5.74, 6) is 3.07. The van der Waals surface area contributed by atoms with Gasteiger partial charge in [0.15, 0.2) is 0 Å². The van der Waals surface area contributed by atoms with Gasteiger partial charge in [0.25, 0.3) is 0 Å². The fourth-order valence-electron chi connectivity index (χ4n) is 10.5. The maximum Gasteiger partial charge on any atom is 0.142 e. The van der Waals surface area contributed by atoms with E-state index in [2.05, 4.69) is 61.5 Å². The van der Waals surface area contributed by atoms with Gasteiger partial charge in [0, 0.05) is 11.1 Å². The number of nitrogen functional groups attached to an aromatic ring is 2. The second-order valence-electron chi connectivity index (χ2n) is 15.5. The van der Waals surface area contributed by atoms with Crippen molar-refractivity contribution in [1.82, 2.24) is 0 Å². The average Bonchev–Trinajstić information content (AvgIpc) is 3.13. The zero-order valence-electron chi connectivity index (χ0n) is 26.3. The van der Waals surface area contributed by atoms with E-state index in [0.29, 0.717) is 28.1 Å². The van der Waals surface area contributed by atoms with Crippen LogP contribution in [0.1, 0.15) is 120 Å². The number of benzene rings is 1. The van der Waals surface area contributed by atoms with Crippen LogP contribution in [0, 0.1) is 39.4 Å². The molecular formula is C36H56N2O. The van der Waals surface area contributed by atoms with Crippen molar-refractivity contribution >= 4 is 11.4 Å². The fraction of sp³-hybridized carbons (Fsp3) is 0.722. The first-order valence-corrected chi connectivity index (χ1v) is 15.9. The van der Waals surface area contributed by atoms with Gasteiger partial charge in [-0.25, -0.2) is 0 Å². The second-order valence-corrected chi connectivity index (χ2v) is 15.5. The van der Waals surface area contributed by atoms with Crippen LogP contribution in [0.2, 0.25) is 0 Å². The first-order valence-electron chi connectivity index (χ1n) is 15.9. The molecule has 0 spiro atoms. The Labute approximate surface area is 239 Å². The third-order valence-corrected chi connectivity index (χ3v) is 12.9. The van der Waals surface area contributed by atoms with E-state index >= 15 is 0 Å². The van der Waals surface area contributed by atoms with Crippen molar-refractivity contribution in [3.63, 3.8) is 0 Å². The van der Waals surface area contributed by atoms with E-state index < -0.39 is 0 Å². The van der Waals surface area contributed by atoms with Crippen molar-refractivity contribution in [2.24, 2.45) is 39.4 Å². The Morgan fingerprint density at radius 2 is 1.72 bits per heavy atom. The van der Waals surface area contributed by atoms with Crippen molar-refractivity contribution in [3.05, 3.63) is 41.0 Å². The average molecular weight is 533 g/mol. The maximum atomic E-state index is 6.68. The van der Waals surface area contributed by atoms with Crippen LogP contribution >= 0.6 is 0 Å². The highest BCUT2D eigenvalue weighted by Crippen LogP contribution is 2.72. The second kappa shape index (κ2) is 9.88. The highest BCUT2D eigenvalue weighted by atomic mass is 16.5. The van der Waals surface area contributed by atoms with Crippen LogP contribution in [0.15, 0.2) is 41.0 Å². The summed E-state index contributed by atoms with van der Waals surface area (Å²) in [4.78, 5) is 0. The van der Waals surface area contributed by atoms with E-state index in [1.807, 2.05) is 29.3 Å². The molecule has 4 N–H and O–H groups in total. The summed E-state index contributed by atoms with van der Waals surface area (Å²) in [7, 11) is 0. The smallest absolute Gasteiger partial charge is 0.142 e. The van der Waals surface area contributed by atoms with Gasteiger partial charge in [0.2, 0.25) is 0 Å². The molecular weight excluding hydrogens is 476 g/mol. The third kappa shape index (κ3) is 4.45. The van der Waals surface area contributed by atoms with Gasteiger partial charge in [-0.1, -0.05) is 64.3 Å². The minimum absolute atomic E-state index is 0.0820. The molecule has 7 atom stereocenters. The van der Waals surface area contributed by atoms with Crippen LogP contribution in [0.25, 0.3) is 0 Å². The lowest BCUT2D eigenvalue weighted by Gasteiger charge is -2.62. The van der Waals surface area contributed by atoms with Crippen LogP contribution in [0.4, 0.5) is 11.4 Å². The molecule has 39 heavy (non-hydrogen) atoms. The Bertz CT molecular complexity index is 1160. The SMILES string of the molecule is CC(C)=CCCC(C)C1CCC2(C)C3=C(CCC12C)C1(C)CCC(Oc2ccc(N)cc2N)C(C)(C)C1CC3. The molecule has 5 rings (SSSR count). The Morgan fingerprint density at radius 1 is 0.974 bits per heavy atom. The molecule has 0 aliphatic heterocycles. The van der Waals surface area contributed by atoms with Crippen molar-refractivity contribution in [2.75, 3.05) is 11.5 Å². The minimum Gasteiger partial charge on any atom is -0.488 e. The summed E-state index contributed by atoms with van der Waals surface area (Å²) in [5.41, 5.74) is 20.0. The number of allylic oxidation sites excluding steroid dienone is 4. The third-order valence-electron chi connectivity index (χ3n) is 12.9. The van der Waals surface area contributed by atoms with Crippen LogP contribution < -0.4 is 16.2 Å². The zero-order chi connectivity index (χ0) is 28.4. The Balaban J connectivity index is 1.40. The van der Waals surface area contributed by atoms with Gasteiger partial charge in [-0.3, -0.25) is 0 Å². The molecule has 216 valence electrons. The van der Waals surface area contributed by atoms with Gasteiger partial charge < -0.3 is 16.2 Å². The highest BCUT2D eigenvalue weighted by molar-refractivity contribution is 5.60. The first-order chi connectivity index (χ1) is 18.2. The molecule has 3 heteroatoms. The lowest BCUT2D eigenvalue weighted by atomic mass is 9.43. The molecule has 1 aromatic rings. The van der Waals surface area contributed by atoms with E-state index in [1.54, 1.807) is 0 Å². The number of nitrogens with two attached hydrogens (primary N) is 2. The van der Waals surface area contributed by atoms with E-state index in [-0.39, 0.29) is 16.9 Å². The molecule has 4 aliphatic rings. The summed E-state index contributed by atoms with van der Waals surface area (Å²) >= 11 is 0. The molecule has 0 saturated heterocycles. The summed E-state index contributed by atoms with van der Waals surface area (Å²) in [5, 5.41) is 0. The number of ether oxygens (including phenoxy) is 1. The largest absolute Gasteiger partial charge is 0.488 e. The quantitative estimate of drug-likeness (QED) is 0.283. The van der Waals surface area contributed by atoms with E-state index in [0.717, 1.165) is 24.0 Å². The van der Waals surface area contributed by atoms with Crippen molar-refractivity contribution in [3.8, 4) is 5.75 Å². The van der Waals surface area contributed by atoms with E-state index in [1.165, 1.54) is 63.4 Å². The molecule has 2 saturated carbocycles. The number of rotatable bonds is 6. The van der Waals surface area contributed by atoms with Gasteiger partial charge in [0.1, 0.15) is 11.9 Å². The summed E-state index contributed by atoms with van der Waals surface area (Å²) in [6.45, 7) is 19.9. The molecule has 0 radical (unpaired) electrons. The molecule has 0 bridgehead atoms. The van der Waals surface area contributed by atoms with Crippen molar-refractivity contribution in [1.29, 1.82) is 0 Å². The molecule has 0 amide bonds. The lowest BCUT2D eigenvalue weighted by Crippen LogP contribution is -2.56. The fourth-order valence-corrected chi connectivity index (χ4v) is 10.5.